The molecule has 0 saturated carbocycles. The largest absolute Gasteiger partial charge is 0.439 e. The number of benzene rings is 1. The van der Waals surface area contributed by atoms with E-state index in [0.717, 1.165) is 11.4 Å². The van der Waals surface area contributed by atoms with E-state index in [4.69, 9.17) is 10.5 Å². The third-order valence-electron chi connectivity index (χ3n) is 3.29. The molecule has 0 saturated heterocycles. The van der Waals surface area contributed by atoms with Crippen molar-refractivity contribution < 1.29 is 9.53 Å². The molecule has 1 amide bonds. The highest BCUT2D eigenvalue weighted by molar-refractivity contribution is 5.82. The number of pyridine rings is 1. The van der Waals surface area contributed by atoms with E-state index in [0.29, 0.717) is 11.8 Å². The van der Waals surface area contributed by atoms with Gasteiger partial charge in [0.25, 0.3) is 0 Å². The molecule has 0 spiro atoms. The SMILES string of the molecule is CC(C)c1cccc(Oc2ccc(N[C@H](C)C(N)=O)cn2)c1. The number of anilines is 1. The van der Waals surface area contributed by atoms with Gasteiger partial charge in [0.15, 0.2) is 0 Å². The second-order valence-electron chi connectivity index (χ2n) is 5.48. The number of aromatic nitrogens is 1. The number of carbonyl (C=O) groups is 1. The molecule has 22 heavy (non-hydrogen) atoms. The fourth-order valence-corrected chi connectivity index (χ4v) is 1.91. The zero-order valence-electron chi connectivity index (χ0n) is 13.0. The Morgan fingerprint density at radius 3 is 2.59 bits per heavy atom. The summed E-state index contributed by atoms with van der Waals surface area (Å²) < 4.78 is 5.75. The molecule has 2 aromatic rings. The van der Waals surface area contributed by atoms with Gasteiger partial charge < -0.3 is 15.8 Å². The molecule has 2 rings (SSSR count). The first-order valence-electron chi connectivity index (χ1n) is 7.25. The fraction of sp³-hybridized carbons (Fsp3) is 0.294. The summed E-state index contributed by atoms with van der Waals surface area (Å²) in [5.74, 6) is 1.28. The Balaban J connectivity index is 2.05. The van der Waals surface area contributed by atoms with Gasteiger partial charge in [-0.1, -0.05) is 26.0 Å². The lowest BCUT2D eigenvalue weighted by molar-refractivity contribution is -0.118. The standard InChI is InChI=1S/C17H21N3O2/c1-11(2)13-5-4-6-15(9-13)22-16-8-7-14(10-19-16)20-12(3)17(18)21/h4-12,20H,1-3H3,(H2,18,21)/t12-/m1/s1. The van der Waals surface area contributed by atoms with Crippen LogP contribution in [0.4, 0.5) is 5.69 Å². The molecule has 0 aliphatic heterocycles. The Labute approximate surface area is 130 Å². The maximum atomic E-state index is 11.0. The smallest absolute Gasteiger partial charge is 0.239 e. The van der Waals surface area contributed by atoms with E-state index in [2.05, 4.69) is 30.2 Å². The van der Waals surface area contributed by atoms with E-state index in [9.17, 15) is 4.79 Å². The van der Waals surface area contributed by atoms with Crippen molar-refractivity contribution in [3.63, 3.8) is 0 Å². The quantitative estimate of drug-likeness (QED) is 0.858. The first-order chi connectivity index (χ1) is 10.5. The number of hydrogen-bond donors (Lipinski definition) is 2. The summed E-state index contributed by atoms with van der Waals surface area (Å²) in [7, 11) is 0. The highest BCUT2D eigenvalue weighted by Gasteiger charge is 2.08. The molecule has 0 bridgehead atoms. The van der Waals surface area contributed by atoms with Crippen LogP contribution in [0.15, 0.2) is 42.6 Å². The summed E-state index contributed by atoms with van der Waals surface area (Å²) in [5, 5.41) is 2.96. The molecule has 0 aliphatic carbocycles. The van der Waals surface area contributed by atoms with Gasteiger partial charge in [0.1, 0.15) is 11.8 Å². The Morgan fingerprint density at radius 2 is 2.00 bits per heavy atom. The second-order valence-corrected chi connectivity index (χ2v) is 5.48. The first-order valence-corrected chi connectivity index (χ1v) is 7.25. The van der Waals surface area contributed by atoms with E-state index >= 15 is 0 Å². The van der Waals surface area contributed by atoms with E-state index in [1.54, 1.807) is 25.3 Å². The summed E-state index contributed by atoms with van der Waals surface area (Å²) >= 11 is 0. The number of primary amides is 1. The van der Waals surface area contributed by atoms with Gasteiger partial charge in [-0.05, 0) is 36.6 Å². The normalized spacial score (nSPS) is 12.0. The van der Waals surface area contributed by atoms with E-state index in [1.807, 2.05) is 18.2 Å². The average Bonchev–Trinajstić information content (AvgIpc) is 2.49. The maximum absolute atomic E-state index is 11.0. The van der Waals surface area contributed by atoms with Crippen LogP contribution in [0.3, 0.4) is 0 Å². The summed E-state index contributed by atoms with van der Waals surface area (Å²) in [6.07, 6.45) is 1.61. The molecule has 1 aromatic carbocycles. The van der Waals surface area contributed by atoms with Crippen molar-refractivity contribution in [2.45, 2.75) is 32.7 Å². The van der Waals surface area contributed by atoms with Gasteiger partial charge in [-0.3, -0.25) is 4.79 Å². The molecule has 1 aromatic heterocycles. The van der Waals surface area contributed by atoms with Crippen LogP contribution in [0.1, 0.15) is 32.3 Å². The molecule has 5 heteroatoms. The summed E-state index contributed by atoms with van der Waals surface area (Å²) in [6, 6.07) is 11.0. The van der Waals surface area contributed by atoms with Gasteiger partial charge >= 0.3 is 0 Å². The number of nitrogens with zero attached hydrogens (tertiary/aromatic N) is 1. The van der Waals surface area contributed by atoms with Crippen molar-refractivity contribution in [3.8, 4) is 11.6 Å². The van der Waals surface area contributed by atoms with Crippen LogP contribution in [-0.4, -0.2) is 16.9 Å². The Hall–Kier alpha value is -2.56. The third-order valence-corrected chi connectivity index (χ3v) is 3.29. The Kier molecular flexibility index (Phi) is 4.99. The first kappa shape index (κ1) is 15.8. The minimum absolute atomic E-state index is 0.411. The number of nitrogens with one attached hydrogen (secondary N) is 1. The van der Waals surface area contributed by atoms with Crippen molar-refractivity contribution >= 4 is 11.6 Å². The van der Waals surface area contributed by atoms with Gasteiger partial charge in [-0.2, -0.15) is 0 Å². The second kappa shape index (κ2) is 6.93. The number of hydrogen-bond acceptors (Lipinski definition) is 4. The van der Waals surface area contributed by atoms with Crippen LogP contribution in [-0.2, 0) is 4.79 Å². The number of ether oxygens (including phenoxy) is 1. The predicted molar refractivity (Wildman–Crippen MR) is 87.1 cm³/mol. The van der Waals surface area contributed by atoms with Crippen LogP contribution in [0.5, 0.6) is 11.6 Å². The van der Waals surface area contributed by atoms with E-state index in [-0.39, 0.29) is 0 Å². The predicted octanol–water partition coefficient (Wildman–Crippen LogP) is 3.28. The van der Waals surface area contributed by atoms with Gasteiger partial charge in [0.2, 0.25) is 11.8 Å². The zero-order valence-corrected chi connectivity index (χ0v) is 13.0. The molecule has 0 fully saturated rings. The topological polar surface area (TPSA) is 77.2 Å². The lowest BCUT2D eigenvalue weighted by atomic mass is 10.0. The molecular weight excluding hydrogens is 278 g/mol. The lowest BCUT2D eigenvalue weighted by Gasteiger charge is -2.12. The molecule has 5 nitrogen and oxygen atoms in total. The average molecular weight is 299 g/mol. The van der Waals surface area contributed by atoms with Crippen LogP contribution in [0.2, 0.25) is 0 Å². The molecule has 1 atom stereocenters. The summed E-state index contributed by atoms with van der Waals surface area (Å²) in [5.41, 5.74) is 7.14. The van der Waals surface area contributed by atoms with Gasteiger partial charge in [0, 0.05) is 6.07 Å². The molecule has 0 aliphatic rings. The van der Waals surface area contributed by atoms with E-state index < -0.39 is 11.9 Å². The third kappa shape index (κ3) is 4.22. The van der Waals surface area contributed by atoms with Gasteiger partial charge in [0.05, 0.1) is 11.9 Å². The van der Waals surface area contributed by atoms with Crippen LogP contribution in [0.25, 0.3) is 0 Å². The fourth-order valence-electron chi connectivity index (χ4n) is 1.91. The molecule has 0 unspecified atom stereocenters. The van der Waals surface area contributed by atoms with Crippen molar-refractivity contribution in [1.82, 2.24) is 4.98 Å². The van der Waals surface area contributed by atoms with Crippen molar-refractivity contribution in [2.75, 3.05) is 5.32 Å². The summed E-state index contributed by atoms with van der Waals surface area (Å²) in [6.45, 7) is 5.97. The minimum Gasteiger partial charge on any atom is -0.439 e. The van der Waals surface area contributed by atoms with E-state index in [1.165, 1.54) is 5.56 Å². The molecule has 1 heterocycles. The Morgan fingerprint density at radius 1 is 1.23 bits per heavy atom. The zero-order chi connectivity index (χ0) is 16.1. The molecule has 0 radical (unpaired) electrons. The van der Waals surface area contributed by atoms with Gasteiger partial charge in [-0.25, -0.2) is 4.98 Å². The van der Waals surface area contributed by atoms with Crippen LogP contribution >= 0.6 is 0 Å². The van der Waals surface area contributed by atoms with Gasteiger partial charge in [-0.15, -0.1) is 0 Å². The van der Waals surface area contributed by atoms with Crippen molar-refractivity contribution in [2.24, 2.45) is 5.73 Å². The monoisotopic (exact) mass is 299 g/mol. The van der Waals surface area contributed by atoms with Crippen LogP contribution < -0.4 is 15.8 Å². The number of amides is 1. The minimum atomic E-state index is -0.448. The molecule has 3 N–H and O–H groups in total. The number of carbonyl (C=O) groups excluding carboxylic acids is 1. The highest BCUT2D eigenvalue weighted by Crippen LogP contribution is 2.24. The Bertz CT molecular complexity index is 639. The summed E-state index contributed by atoms with van der Waals surface area (Å²) in [4.78, 5) is 15.2. The van der Waals surface area contributed by atoms with Crippen LogP contribution in [0, 0.1) is 0 Å². The molecular formula is C17H21N3O2. The van der Waals surface area contributed by atoms with Crippen molar-refractivity contribution in [3.05, 3.63) is 48.2 Å². The maximum Gasteiger partial charge on any atom is 0.239 e. The highest BCUT2D eigenvalue weighted by atomic mass is 16.5. The number of rotatable bonds is 6. The number of nitrogens with two attached hydrogens (primary N) is 1. The van der Waals surface area contributed by atoms with Crippen molar-refractivity contribution in [1.29, 1.82) is 0 Å². The lowest BCUT2D eigenvalue weighted by Crippen LogP contribution is -2.32. The molecule has 116 valence electrons.